The van der Waals surface area contributed by atoms with Gasteiger partial charge in [0, 0.05) is 30.4 Å². The molecule has 4 aromatic rings. The lowest BCUT2D eigenvalue weighted by Crippen LogP contribution is -2.42. The minimum atomic E-state index is -1.12. The first-order valence-corrected chi connectivity index (χ1v) is 11.4. The predicted molar refractivity (Wildman–Crippen MR) is 132 cm³/mol. The number of hydrogen-bond acceptors (Lipinski definition) is 4. The van der Waals surface area contributed by atoms with Crippen LogP contribution in [0.15, 0.2) is 85.2 Å². The molecule has 0 saturated carbocycles. The molecule has 1 amide bonds. The van der Waals surface area contributed by atoms with Gasteiger partial charge in [0.05, 0.1) is 0 Å². The Morgan fingerprint density at radius 2 is 1.63 bits per heavy atom. The fraction of sp³-hybridized carbons (Fsp3) is 0.179. The lowest BCUT2D eigenvalue weighted by Gasteiger charge is -2.18. The van der Waals surface area contributed by atoms with E-state index in [-0.39, 0.29) is 18.9 Å². The van der Waals surface area contributed by atoms with Crippen LogP contribution in [0.5, 0.6) is 0 Å². The van der Waals surface area contributed by atoms with Crippen molar-refractivity contribution in [3.05, 3.63) is 108 Å². The zero-order valence-electron chi connectivity index (χ0n) is 19.2. The molecule has 7 nitrogen and oxygen atoms in total. The Morgan fingerprint density at radius 1 is 1.00 bits per heavy atom. The van der Waals surface area contributed by atoms with E-state index in [4.69, 9.17) is 4.74 Å². The lowest BCUT2D eigenvalue weighted by atomic mass is 9.98. The number of nitrogens with one attached hydrogen (secondary N) is 1. The number of aliphatic carboxylic acids is 1. The van der Waals surface area contributed by atoms with Crippen molar-refractivity contribution >= 4 is 12.1 Å². The van der Waals surface area contributed by atoms with Crippen molar-refractivity contribution in [2.75, 3.05) is 6.61 Å². The zero-order valence-corrected chi connectivity index (χ0v) is 19.2. The maximum absolute atomic E-state index is 12.6. The van der Waals surface area contributed by atoms with Gasteiger partial charge in [0.25, 0.3) is 0 Å². The van der Waals surface area contributed by atoms with E-state index >= 15 is 0 Å². The van der Waals surface area contributed by atoms with E-state index in [1.165, 1.54) is 0 Å². The molecule has 7 heteroatoms. The number of nitrogens with zero attached hydrogens (tertiary/aromatic N) is 2. The van der Waals surface area contributed by atoms with Gasteiger partial charge in [-0.25, -0.2) is 14.6 Å². The molecule has 1 unspecified atom stereocenters. The van der Waals surface area contributed by atoms with Crippen LogP contribution in [0.4, 0.5) is 4.79 Å². The van der Waals surface area contributed by atoms with E-state index in [1.807, 2.05) is 78.4 Å². The van der Waals surface area contributed by atoms with Gasteiger partial charge in [-0.05, 0) is 46.9 Å². The number of carbonyl (C=O) groups excluding carboxylic acids is 1. The van der Waals surface area contributed by atoms with Crippen molar-refractivity contribution in [1.29, 1.82) is 0 Å². The third kappa shape index (κ3) is 4.53. The molecule has 0 bridgehead atoms. The van der Waals surface area contributed by atoms with Gasteiger partial charge in [-0.15, -0.1) is 0 Å². The van der Waals surface area contributed by atoms with Gasteiger partial charge >= 0.3 is 12.1 Å². The Hall–Kier alpha value is -4.39. The number of aryl methyl sites for hydroxylation is 1. The Balaban J connectivity index is 1.23. The van der Waals surface area contributed by atoms with Crippen LogP contribution in [0.1, 0.15) is 28.4 Å². The summed E-state index contributed by atoms with van der Waals surface area (Å²) in [5, 5.41) is 12.2. The number of hydrogen-bond donors (Lipinski definition) is 2. The van der Waals surface area contributed by atoms with E-state index in [2.05, 4.69) is 22.4 Å². The standard InChI is InChI=1S/C28H25N3O4/c1-18-29-14-15-31(18)20-12-10-19(11-13-20)16-26(27(32)33)30-28(34)35-17-25-23-8-4-2-6-21(23)22-7-3-5-9-24(22)25/h2-15,25-26H,16-17H2,1H3,(H,30,34)(H,32,33). The van der Waals surface area contributed by atoms with Gasteiger partial charge in [-0.3, -0.25) is 0 Å². The van der Waals surface area contributed by atoms with Gasteiger partial charge in [0.2, 0.25) is 0 Å². The molecule has 3 aromatic carbocycles. The first-order valence-electron chi connectivity index (χ1n) is 11.4. The summed E-state index contributed by atoms with van der Waals surface area (Å²) in [6.45, 7) is 2.04. The third-order valence-electron chi connectivity index (χ3n) is 6.41. The Morgan fingerprint density at radius 3 is 2.20 bits per heavy atom. The first-order chi connectivity index (χ1) is 17.0. The zero-order chi connectivity index (χ0) is 24.4. The van der Waals surface area contributed by atoms with Crippen molar-refractivity contribution in [2.24, 2.45) is 0 Å². The smallest absolute Gasteiger partial charge is 0.407 e. The number of fused-ring (bicyclic) bond motifs is 3. The summed E-state index contributed by atoms with van der Waals surface area (Å²) in [6.07, 6.45) is 2.98. The van der Waals surface area contributed by atoms with E-state index < -0.39 is 18.1 Å². The highest BCUT2D eigenvalue weighted by Gasteiger charge is 2.29. The van der Waals surface area contributed by atoms with Crippen LogP contribution in [-0.2, 0) is 16.0 Å². The number of rotatable bonds is 7. The molecule has 0 spiro atoms. The number of imidazole rings is 1. The molecule has 0 radical (unpaired) electrons. The van der Waals surface area contributed by atoms with Crippen molar-refractivity contribution in [3.8, 4) is 16.8 Å². The van der Waals surface area contributed by atoms with E-state index in [0.29, 0.717) is 0 Å². The number of aromatic nitrogens is 2. The summed E-state index contributed by atoms with van der Waals surface area (Å²) in [4.78, 5) is 28.6. The SMILES string of the molecule is Cc1nccn1-c1ccc(CC(NC(=O)OCC2c3ccccc3-c3ccccc32)C(=O)O)cc1. The van der Waals surface area contributed by atoms with Crippen LogP contribution in [0.2, 0.25) is 0 Å². The predicted octanol–water partition coefficient (Wildman–Crippen LogP) is 4.72. The number of ether oxygens (including phenoxy) is 1. The van der Waals surface area contributed by atoms with Crippen LogP contribution in [-0.4, -0.2) is 39.4 Å². The molecule has 176 valence electrons. The summed E-state index contributed by atoms with van der Waals surface area (Å²) < 4.78 is 7.45. The second-order valence-electron chi connectivity index (χ2n) is 8.58. The van der Waals surface area contributed by atoms with Crippen molar-refractivity contribution in [2.45, 2.75) is 25.3 Å². The average Bonchev–Trinajstić information content (AvgIpc) is 3.44. The number of alkyl carbamates (subject to hydrolysis) is 1. The molecule has 1 heterocycles. The molecule has 0 aliphatic heterocycles. The molecule has 0 saturated heterocycles. The molecular weight excluding hydrogens is 442 g/mol. The maximum Gasteiger partial charge on any atom is 0.407 e. The summed E-state index contributed by atoms with van der Waals surface area (Å²) in [5.41, 5.74) is 6.19. The van der Waals surface area contributed by atoms with Crippen LogP contribution >= 0.6 is 0 Å². The van der Waals surface area contributed by atoms with E-state index in [0.717, 1.165) is 39.3 Å². The summed E-state index contributed by atoms with van der Waals surface area (Å²) in [5.74, 6) is -0.346. The van der Waals surface area contributed by atoms with Crippen LogP contribution < -0.4 is 5.32 Å². The highest BCUT2D eigenvalue weighted by atomic mass is 16.5. The Kier molecular flexibility index (Phi) is 6.06. The highest BCUT2D eigenvalue weighted by molar-refractivity contribution is 5.81. The van der Waals surface area contributed by atoms with Crippen LogP contribution in [0.3, 0.4) is 0 Å². The normalized spacial score (nSPS) is 13.1. The molecule has 35 heavy (non-hydrogen) atoms. The van der Waals surface area contributed by atoms with Crippen molar-refractivity contribution in [1.82, 2.24) is 14.9 Å². The average molecular weight is 468 g/mol. The van der Waals surface area contributed by atoms with E-state index in [9.17, 15) is 14.7 Å². The van der Waals surface area contributed by atoms with E-state index in [1.54, 1.807) is 6.20 Å². The lowest BCUT2D eigenvalue weighted by molar-refractivity contribution is -0.139. The van der Waals surface area contributed by atoms with Crippen molar-refractivity contribution in [3.63, 3.8) is 0 Å². The highest BCUT2D eigenvalue weighted by Crippen LogP contribution is 2.44. The molecule has 1 aliphatic carbocycles. The van der Waals surface area contributed by atoms with Crippen LogP contribution in [0, 0.1) is 6.92 Å². The summed E-state index contributed by atoms with van der Waals surface area (Å²) in [7, 11) is 0. The number of carboxylic acid groups (broad SMARTS) is 1. The largest absolute Gasteiger partial charge is 0.480 e. The fourth-order valence-electron chi connectivity index (χ4n) is 4.66. The molecular formula is C28H25N3O4. The second kappa shape index (κ2) is 9.46. The topological polar surface area (TPSA) is 93.5 Å². The molecule has 5 rings (SSSR count). The van der Waals surface area contributed by atoms with Gasteiger partial charge in [-0.2, -0.15) is 0 Å². The van der Waals surface area contributed by atoms with Gasteiger partial charge in [0.1, 0.15) is 18.5 Å². The minimum Gasteiger partial charge on any atom is -0.480 e. The molecule has 1 aromatic heterocycles. The fourth-order valence-corrected chi connectivity index (χ4v) is 4.66. The molecule has 1 atom stereocenters. The first kappa shape index (κ1) is 22.4. The van der Waals surface area contributed by atoms with Crippen molar-refractivity contribution < 1.29 is 19.4 Å². The Bertz CT molecular complexity index is 1330. The maximum atomic E-state index is 12.6. The minimum absolute atomic E-state index is 0.0874. The molecule has 0 fully saturated rings. The molecule has 1 aliphatic rings. The summed E-state index contributed by atoms with van der Waals surface area (Å²) >= 11 is 0. The quantitative estimate of drug-likeness (QED) is 0.410. The van der Waals surface area contributed by atoms with Gasteiger partial charge in [0.15, 0.2) is 0 Å². The van der Waals surface area contributed by atoms with Gasteiger partial charge < -0.3 is 19.7 Å². The number of carbonyl (C=O) groups is 2. The van der Waals surface area contributed by atoms with Gasteiger partial charge in [-0.1, -0.05) is 60.7 Å². The second-order valence-corrected chi connectivity index (χ2v) is 8.58. The third-order valence-corrected chi connectivity index (χ3v) is 6.41. The number of benzene rings is 3. The number of carboxylic acids is 1. The number of amides is 1. The Labute approximate surface area is 203 Å². The monoisotopic (exact) mass is 467 g/mol. The summed E-state index contributed by atoms with van der Waals surface area (Å²) in [6, 6.07) is 22.5. The van der Waals surface area contributed by atoms with Crippen LogP contribution in [0.25, 0.3) is 16.8 Å². The molecule has 2 N–H and O–H groups in total.